The maximum Gasteiger partial charge on any atom is 0.303 e. The summed E-state index contributed by atoms with van der Waals surface area (Å²) in [4.78, 5) is 39.3. The Morgan fingerprint density at radius 3 is 2.75 bits per heavy atom. The van der Waals surface area contributed by atoms with E-state index in [9.17, 15) is 14.4 Å². The van der Waals surface area contributed by atoms with Gasteiger partial charge in [0.15, 0.2) is 0 Å². The van der Waals surface area contributed by atoms with Crippen LogP contribution in [-0.2, 0) is 16.1 Å². The highest BCUT2D eigenvalue weighted by Gasteiger charge is 2.08. The van der Waals surface area contributed by atoms with Gasteiger partial charge in [-0.1, -0.05) is 19.3 Å². The van der Waals surface area contributed by atoms with E-state index in [1.54, 1.807) is 11.4 Å². The predicted octanol–water partition coefficient (Wildman–Crippen LogP) is 2.00. The highest BCUT2D eigenvalue weighted by molar-refractivity contribution is 7.16. The van der Waals surface area contributed by atoms with Gasteiger partial charge in [0, 0.05) is 13.0 Å². The van der Waals surface area contributed by atoms with E-state index in [1.165, 1.54) is 22.2 Å². The lowest BCUT2D eigenvalue weighted by molar-refractivity contribution is -0.137. The molecule has 0 atom stereocenters. The Morgan fingerprint density at radius 1 is 1.21 bits per heavy atom. The molecule has 0 fully saturated rings. The zero-order valence-electron chi connectivity index (χ0n) is 13.4. The van der Waals surface area contributed by atoms with Crippen molar-refractivity contribution < 1.29 is 14.7 Å². The average molecular weight is 351 g/mol. The number of hydrogen-bond acceptors (Lipinski definition) is 5. The van der Waals surface area contributed by atoms with Crippen LogP contribution in [0, 0.1) is 0 Å². The number of unbranched alkanes of at least 4 members (excludes halogenated alkanes) is 4. The number of rotatable bonds is 10. The Hall–Kier alpha value is -2.22. The fraction of sp³-hybridized carbons (Fsp3) is 0.500. The van der Waals surface area contributed by atoms with Gasteiger partial charge in [-0.2, -0.15) is 0 Å². The first-order chi connectivity index (χ1) is 11.6. The van der Waals surface area contributed by atoms with Crippen LogP contribution in [0.25, 0.3) is 10.2 Å². The van der Waals surface area contributed by atoms with E-state index in [4.69, 9.17) is 5.11 Å². The summed E-state index contributed by atoms with van der Waals surface area (Å²) in [5, 5.41) is 13.7. The maximum absolute atomic E-state index is 12.2. The smallest absolute Gasteiger partial charge is 0.303 e. The highest BCUT2D eigenvalue weighted by Crippen LogP contribution is 2.13. The third-order valence-corrected chi connectivity index (χ3v) is 4.47. The first-order valence-electron chi connectivity index (χ1n) is 7.99. The van der Waals surface area contributed by atoms with Crippen molar-refractivity contribution in [3.05, 3.63) is 28.1 Å². The molecule has 2 aromatic heterocycles. The second-order valence-electron chi connectivity index (χ2n) is 5.58. The number of carbonyl (C=O) groups excluding carboxylic acids is 1. The van der Waals surface area contributed by atoms with Crippen molar-refractivity contribution in [2.45, 2.75) is 45.1 Å². The Bertz CT molecular complexity index is 753. The third-order valence-electron chi connectivity index (χ3n) is 3.65. The number of nitrogens with one attached hydrogen (secondary N) is 1. The van der Waals surface area contributed by atoms with Gasteiger partial charge < -0.3 is 10.4 Å². The molecular formula is C16H21N3O4S. The SMILES string of the molecule is O=C(O)CCCCCCCNC(=O)Cn1cnc2sccc2c1=O. The number of hydrogen-bond donors (Lipinski definition) is 2. The minimum absolute atomic E-state index is 0.0315. The second kappa shape index (κ2) is 9.17. The molecule has 0 aliphatic heterocycles. The number of aromatic nitrogens is 2. The van der Waals surface area contributed by atoms with Crippen molar-refractivity contribution in [1.82, 2.24) is 14.9 Å². The van der Waals surface area contributed by atoms with Crippen molar-refractivity contribution in [2.75, 3.05) is 6.54 Å². The Morgan fingerprint density at radius 2 is 1.96 bits per heavy atom. The quantitative estimate of drug-likeness (QED) is 0.638. The minimum Gasteiger partial charge on any atom is -0.481 e. The summed E-state index contributed by atoms with van der Waals surface area (Å²) in [6.07, 6.45) is 5.96. The molecule has 8 heteroatoms. The summed E-state index contributed by atoms with van der Waals surface area (Å²) < 4.78 is 1.32. The molecule has 7 nitrogen and oxygen atoms in total. The zero-order valence-corrected chi connectivity index (χ0v) is 14.2. The van der Waals surface area contributed by atoms with Crippen LogP contribution in [0.4, 0.5) is 0 Å². The van der Waals surface area contributed by atoms with Crippen LogP contribution in [0.15, 0.2) is 22.6 Å². The summed E-state index contributed by atoms with van der Waals surface area (Å²) in [6.45, 7) is 0.525. The molecule has 0 aliphatic rings. The standard InChI is InChI=1S/C16H21N3O4S/c20-13(17-8-5-3-1-2-4-6-14(21)22)10-19-11-18-15-12(16(19)23)7-9-24-15/h7,9,11H,1-6,8,10H2,(H,17,20)(H,21,22). The van der Waals surface area contributed by atoms with E-state index >= 15 is 0 Å². The van der Waals surface area contributed by atoms with Crippen LogP contribution < -0.4 is 10.9 Å². The molecule has 0 aromatic carbocycles. The van der Waals surface area contributed by atoms with Crippen LogP contribution >= 0.6 is 11.3 Å². The normalized spacial score (nSPS) is 10.8. The summed E-state index contributed by atoms with van der Waals surface area (Å²) in [6, 6.07) is 1.72. The van der Waals surface area contributed by atoms with Crippen molar-refractivity contribution >= 4 is 33.4 Å². The summed E-state index contributed by atoms with van der Waals surface area (Å²) >= 11 is 1.40. The van der Waals surface area contributed by atoms with Crippen LogP contribution in [0.2, 0.25) is 0 Å². The van der Waals surface area contributed by atoms with Gasteiger partial charge in [-0.05, 0) is 24.3 Å². The molecule has 2 rings (SSSR count). The van der Waals surface area contributed by atoms with Gasteiger partial charge in [-0.3, -0.25) is 19.0 Å². The zero-order chi connectivity index (χ0) is 17.4. The number of aliphatic carboxylic acids is 1. The Labute approximate surface area is 143 Å². The number of carboxylic acids is 1. The van der Waals surface area contributed by atoms with Gasteiger partial charge in [0.05, 0.1) is 11.7 Å². The summed E-state index contributed by atoms with van der Waals surface area (Å²) in [5.74, 6) is -0.966. The molecule has 0 unspecified atom stereocenters. The van der Waals surface area contributed by atoms with E-state index in [0.717, 1.165) is 25.7 Å². The molecule has 0 saturated heterocycles. The number of amides is 1. The van der Waals surface area contributed by atoms with Crippen molar-refractivity contribution in [3.63, 3.8) is 0 Å². The van der Waals surface area contributed by atoms with E-state index < -0.39 is 5.97 Å². The lowest BCUT2D eigenvalue weighted by Gasteiger charge is -2.07. The third kappa shape index (κ3) is 5.45. The summed E-state index contributed by atoms with van der Waals surface area (Å²) in [5.41, 5.74) is -0.199. The van der Waals surface area contributed by atoms with E-state index in [0.29, 0.717) is 23.2 Å². The predicted molar refractivity (Wildman–Crippen MR) is 92.2 cm³/mol. The monoisotopic (exact) mass is 351 g/mol. The topological polar surface area (TPSA) is 101 Å². The van der Waals surface area contributed by atoms with Gasteiger partial charge in [0.1, 0.15) is 11.4 Å². The largest absolute Gasteiger partial charge is 0.481 e. The molecule has 130 valence electrons. The molecule has 2 aromatic rings. The van der Waals surface area contributed by atoms with Gasteiger partial charge in [0.25, 0.3) is 5.56 Å². The highest BCUT2D eigenvalue weighted by atomic mass is 32.1. The first-order valence-corrected chi connectivity index (χ1v) is 8.87. The van der Waals surface area contributed by atoms with Crippen molar-refractivity contribution in [3.8, 4) is 0 Å². The van der Waals surface area contributed by atoms with Crippen LogP contribution in [0.1, 0.15) is 38.5 Å². The molecule has 1 amide bonds. The molecule has 0 saturated carbocycles. The first kappa shape index (κ1) is 18.1. The molecular weight excluding hydrogens is 330 g/mol. The van der Waals surface area contributed by atoms with E-state index in [-0.39, 0.29) is 24.4 Å². The van der Waals surface area contributed by atoms with Crippen molar-refractivity contribution in [2.24, 2.45) is 0 Å². The number of fused-ring (bicyclic) bond motifs is 1. The molecule has 0 radical (unpaired) electrons. The molecule has 0 aliphatic carbocycles. The number of nitrogens with zero attached hydrogens (tertiary/aromatic N) is 2. The fourth-order valence-corrected chi connectivity index (χ4v) is 3.10. The fourth-order valence-electron chi connectivity index (χ4n) is 2.38. The Kier molecular flexibility index (Phi) is 6.92. The van der Waals surface area contributed by atoms with Crippen LogP contribution in [0.3, 0.4) is 0 Å². The van der Waals surface area contributed by atoms with Crippen LogP contribution in [-0.4, -0.2) is 33.1 Å². The number of carboxylic acid groups (broad SMARTS) is 1. The van der Waals surface area contributed by atoms with Gasteiger partial charge in [-0.15, -0.1) is 11.3 Å². The van der Waals surface area contributed by atoms with Gasteiger partial charge in [-0.25, -0.2) is 4.98 Å². The average Bonchev–Trinajstić information content (AvgIpc) is 3.02. The minimum atomic E-state index is -0.757. The van der Waals surface area contributed by atoms with E-state index in [1.807, 2.05) is 0 Å². The molecule has 24 heavy (non-hydrogen) atoms. The molecule has 0 spiro atoms. The molecule has 2 N–H and O–H groups in total. The number of carbonyl (C=O) groups is 2. The lowest BCUT2D eigenvalue weighted by atomic mass is 10.1. The Balaban J connectivity index is 1.65. The van der Waals surface area contributed by atoms with Crippen LogP contribution in [0.5, 0.6) is 0 Å². The summed E-state index contributed by atoms with van der Waals surface area (Å²) in [7, 11) is 0. The van der Waals surface area contributed by atoms with E-state index in [2.05, 4.69) is 10.3 Å². The number of thiophene rings is 1. The van der Waals surface area contributed by atoms with Crippen molar-refractivity contribution in [1.29, 1.82) is 0 Å². The molecule has 2 heterocycles. The maximum atomic E-state index is 12.2. The lowest BCUT2D eigenvalue weighted by Crippen LogP contribution is -2.32. The molecule has 0 bridgehead atoms. The van der Waals surface area contributed by atoms with Gasteiger partial charge >= 0.3 is 5.97 Å². The van der Waals surface area contributed by atoms with Gasteiger partial charge in [0.2, 0.25) is 5.91 Å². The second-order valence-corrected chi connectivity index (χ2v) is 6.47.